The second-order valence-electron chi connectivity index (χ2n) is 6.32. The van der Waals surface area contributed by atoms with Gasteiger partial charge in [0.2, 0.25) is 11.8 Å². The molecule has 1 aromatic heterocycles. The van der Waals surface area contributed by atoms with E-state index in [1.54, 1.807) is 0 Å². The molecule has 4 nitrogen and oxygen atoms in total. The zero-order chi connectivity index (χ0) is 11.9. The Bertz CT molecular complexity index is 416. The molecule has 2 saturated carbocycles. The molecule has 0 amide bonds. The Kier molecular flexibility index (Phi) is 2.64. The molecule has 2 heterocycles. The Morgan fingerprint density at radius 1 is 0.944 bits per heavy atom. The molecular formula is C14H21N3O. The monoisotopic (exact) mass is 247 g/mol. The van der Waals surface area contributed by atoms with Crippen LogP contribution in [-0.4, -0.2) is 34.7 Å². The highest BCUT2D eigenvalue weighted by Gasteiger charge is 2.35. The van der Waals surface area contributed by atoms with Crippen molar-refractivity contribution in [1.29, 1.82) is 0 Å². The second-order valence-corrected chi connectivity index (χ2v) is 6.32. The van der Waals surface area contributed by atoms with Crippen molar-refractivity contribution < 1.29 is 4.42 Å². The summed E-state index contributed by atoms with van der Waals surface area (Å²) in [6.07, 6.45) is 8.11. The van der Waals surface area contributed by atoms with Crippen molar-refractivity contribution in [2.45, 2.75) is 50.4 Å². The van der Waals surface area contributed by atoms with E-state index in [4.69, 9.17) is 4.42 Å². The summed E-state index contributed by atoms with van der Waals surface area (Å²) in [6, 6.07) is 0. The first-order valence-corrected chi connectivity index (χ1v) is 7.44. The van der Waals surface area contributed by atoms with Gasteiger partial charge < -0.3 is 9.32 Å². The summed E-state index contributed by atoms with van der Waals surface area (Å²) in [5.74, 6) is 3.83. The van der Waals surface area contributed by atoms with E-state index in [9.17, 15) is 0 Å². The van der Waals surface area contributed by atoms with Crippen LogP contribution >= 0.6 is 0 Å². The topological polar surface area (TPSA) is 42.2 Å². The van der Waals surface area contributed by atoms with Gasteiger partial charge in [0.25, 0.3) is 0 Å². The molecule has 0 aromatic carbocycles. The normalized spacial score (nSPS) is 26.7. The molecule has 0 spiro atoms. The third kappa shape index (κ3) is 1.87. The number of nitrogens with zero attached hydrogens (tertiary/aromatic N) is 3. The van der Waals surface area contributed by atoms with Gasteiger partial charge in [0, 0.05) is 25.6 Å². The second kappa shape index (κ2) is 4.34. The number of likely N-dealkylation sites (tertiary alicyclic amines) is 1. The van der Waals surface area contributed by atoms with Crippen LogP contribution in [0.15, 0.2) is 4.42 Å². The van der Waals surface area contributed by atoms with Gasteiger partial charge in [-0.1, -0.05) is 12.8 Å². The Morgan fingerprint density at radius 3 is 2.17 bits per heavy atom. The Labute approximate surface area is 108 Å². The summed E-state index contributed by atoms with van der Waals surface area (Å²) in [5, 5.41) is 8.46. The molecule has 1 aromatic rings. The van der Waals surface area contributed by atoms with Crippen LogP contribution in [0.3, 0.4) is 0 Å². The SMILES string of the molecule is C1CC(CN2CC(c3nnc(C4CCC4)o3)C2)C1. The van der Waals surface area contributed by atoms with Gasteiger partial charge in [0.15, 0.2) is 0 Å². The molecule has 2 aliphatic carbocycles. The predicted molar refractivity (Wildman–Crippen MR) is 67.4 cm³/mol. The number of hydrogen-bond donors (Lipinski definition) is 0. The van der Waals surface area contributed by atoms with Crippen LogP contribution in [-0.2, 0) is 0 Å². The average Bonchev–Trinajstić information content (AvgIpc) is 2.59. The van der Waals surface area contributed by atoms with Crippen molar-refractivity contribution in [3.8, 4) is 0 Å². The fourth-order valence-corrected chi connectivity index (χ4v) is 3.15. The lowest BCUT2D eigenvalue weighted by Gasteiger charge is -2.41. The van der Waals surface area contributed by atoms with Crippen molar-refractivity contribution >= 4 is 0 Å². The molecule has 0 N–H and O–H groups in total. The molecule has 0 bridgehead atoms. The fraction of sp³-hybridized carbons (Fsp3) is 0.857. The zero-order valence-electron chi connectivity index (χ0n) is 10.8. The first-order chi connectivity index (χ1) is 8.88. The van der Waals surface area contributed by atoms with E-state index in [0.29, 0.717) is 11.8 Å². The highest BCUT2D eigenvalue weighted by atomic mass is 16.4. The standard InChI is InChI=1S/C14H21N3O/c1-3-10(4-1)7-17-8-12(9-17)14-16-15-13(18-14)11-5-2-6-11/h10-12H,1-9H2. The lowest BCUT2D eigenvalue weighted by atomic mass is 9.83. The van der Waals surface area contributed by atoms with E-state index in [1.807, 2.05) is 0 Å². The molecule has 0 atom stereocenters. The molecule has 0 unspecified atom stereocenters. The van der Waals surface area contributed by atoms with Crippen LogP contribution in [0, 0.1) is 5.92 Å². The van der Waals surface area contributed by atoms with Crippen molar-refractivity contribution in [2.75, 3.05) is 19.6 Å². The van der Waals surface area contributed by atoms with Crippen LogP contribution in [0.5, 0.6) is 0 Å². The van der Waals surface area contributed by atoms with Crippen molar-refractivity contribution in [3.05, 3.63) is 11.8 Å². The van der Waals surface area contributed by atoms with Crippen LogP contribution < -0.4 is 0 Å². The first-order valence-electron chi connectivity index (χ1n) is 7.44. The van der Waals surface area contributed by atoms with Crippen LogP contribution in [0.1, 0.15) is 62.1 Å². The summed E-state index contributed by atoms with van der Waals surface area (Å²) in [7, 11) is 0. The maximum absolute atomic E-state index is 5.84. The smallest absolute Gasteiger partial charge is 0.222 e. The molecular weight excluding hydrogens is 226 g/mol. The molecule has 98 valence electrons. The molecule has 3 fully saturated rings. The molecule has 1 saturated heterocycles. The van der Waals surface area contributed by atoms with Gasteiger partial charge in [-0.15, -0.1) is 10.2 Å². The van der Waals surface area contributed by atoms with Gasteiger partial charge in [-0.25, -0.2) is 0 Å². The Hall–Kier alpha value is -0.900. The average molecular weight is 247 g/mol. The number of hydrogen-bond acceptors (Lipinski definition) is 4. The predicted octanol–water partition coefficient (Wildman–Crippen LogP) is 2.54. The maximum atomic E-state index is 5.84. The zero-order valence-corrected chi connectivity index (χ0v) is 10.8. The van der Waals surface area contributed by atoms with Gasteiger partial charge in [-0.05, 0) is 31.6 Å². The van der Waals surface area contributed by atoms with E-state index in [1.165, 1.54) is 45.1 Å². The van der Waals surface area contributed by atoms with E-state index >= 15 is 0 Å². The Morgan fingerprint density at radius 2 is 1.61 bits per heavy atom. The van der Waals surface area contributed by atoms with E-state index < -0.39 is 0 Å². The fourth-order valence-electron chi connectivity index (χ4n) is 3.15. The summed E-state index contributed by atoms with van der Waals surface area (Å²) >= 11 is 0. The number of aromatic nitrogens is 2. The van der Waals surface area contributed by atoms with Crippen LogP contribution in [0.4, 0.5) is 0 Å². The third-order valence-electron chi connectivity index (χ3n) is 4.96. The molecule has 18 heavy (non-hydrogen) atoms. The van der Waals surface area contributed by atoms with Crippen LogP contribution in [0.2, 0.25) is 0 Å². The summed E-state index contributed by atoms with van der Waals surface area (Å²) in [4.78, 5) is 2.54. The largest absolute Gasteiger partial charge is 0.425 e. The van der Waals surface area contributed by atoms with Gasteiger partial charge >= 0.3 is 0 Å². The van der Waals surface area contributed by atoms with Gasteiger partial charge in [-0.3, -0.25) is 0 Å². The summed E-state index contributed by atoms with van der Waals surface area (Å²) in [6.45, 7) is 3.55. The lowest BCUT2D eigenvalue weighted by molar-refractivity contribution is 0.0860. The van der Waals surface area contributed by atoms with E-state index in [-0.39, 0.29) is 0 Å². The summed E-state index contributed by atoms with van der Waals surface area (Å²) in [5.41, 5.74) is 0. The van der Waals surface area contributed by atoms with Gasteiger partial charge in [0.05, 0.1) is 5.92 Å². The van der Waals surface area contributed by atoms with Gasteiger partial charge in [-0.2, -0.15) is 0 Å². The molecule has 0 radical (unpaired) electrons. The first kappa shape index (κ1) is 11.0. The van der Waals surface area contributed by atoms with E-state index in [0.717, 1.165) is 30.8 Å². The third-order valence-corrected chi connectivity index (χ3v) is 4.96. The molecule has 4 rings (SSSR count). The van der Waals surface area contributed by atoms with Crippen molar-refractivity contribution in [3.63, 3.8) is 0 Å². The van der Waals surface area contributed by atoms with Crippen molar-refractivity contribution in [1.82, 2.24) is 15.1 Å². The minimum absolute atomic E-state index is 0.506. The number of rotatable bonds is 4. The molecule has 3 aliphatic rings. The van der Waals surface area contributed by atoms with E-state index in [2.05, 4.69) is 15.1 Å². The van der Waals surface area contributed by atoms with Crippen LogP contribution in [0.25, 0.3) is 0 Å². The minimum atomic E-state index is 0.506. The van der Waals surface area contributed by atoms with Crippen molar-refractivity contribution in [2.24, 2.45) is 5.92 Å². The van der Waals surface area contributed by atoms with Gasteiger partial charge in [0.1, 0.15) is 0 Å². The Balaban J connectivity index is 1.30. The molecule has 4 heteroatoms. The highest BCUT2D eigenvalue weighted by Crippen LogP contribution is 2.37. The quantitative estimate of drug-likeness (QED) is 0.820. The highest BCUT2D eigenvalue weighted by molar-refractivity contribution is 5.04. The maximum Gasteiger partial charge on any atom is 0.222 e. The minimum Gasteiger partial charge on any atom is -0.425 e. The summed E-state index contributed by atoms with van der Waals surface area (Å²) < 4.78 is 5.84. The molecule has 1 aliphatic heterocycles. The lowest BCUT2D eigenvalue weighted by Crippen LogP contribution is -2.48.